The van der Waals surface area contributed by atoms with Crippen molar-refractivity contribution in [3.05, 3.63) is 0 Å². The minimum atomic E-state index is -1.11. The summed E-state index contributed by atoms with van der Waals surface area (Å²) in [4.78, 5) is 35.7. The van der Waals surface area contributed by atoms with Crippen molar-refractivity contribution >= 4 is 17.7 Å². The van der Waals surface area contributed by atoms with Gasteiger partial charge in [-0.3, -0.25) is 14.4 Å². The summed E-state index contributed by atoms with van der Waals surface area (Å²) in [7, 11) is 3.75. The van der Waals surface area contributed by atoms with Gasteiger partial charge in [0.15, 0.2) is 6.04 Å². The minimum absolute atomic E-state index is 0.0691. The molecule has 1 fully saturated rings. The monoisotopic (exact) mass is 228 g/mol. The van der Waals surface area contributed by atoms with Gasteiger partial charge in [-0.15, -0.1) is 0 Å². The van der Waals surface area contributed by atoms with Crippen LogP contribution in [0.4, 0.5) is 0 Å². The van der Waals surface area contributed by atoms with Crippen LogP contribution in [0.1, 0.15) is 0 Å². The summed E-state index contributed by atoms with van der Waals surface area (Å²) in [5.41, 5.74) is 0. The Morgan fingerprint density at radius 1 is 1.50 bits per heavy atom. The van der Waals surface area contributed by atoms with Crippen LogP contribution in [0.3, 0.4) is 0 Å². The smallest absolute Gasteiger partial charge is 0.252 e. The van der Waals surface area contributed by atoms with E-state index in [1.54, 1.807) is 0 Å². The maximum atomic E-state index is 11.5. The topological polar surface area (TPSA) is 90.5 Å². The molecule has 1 rings (SSSR count). The maximum absolute atomic E-state index is 11.5. The highest BCUT2D eigenvalue weighted by Crippen LogP contribution is 1.90. The van der Waals surface area contributed by atoms with E-state index in [-0.39, 0.29) is 12.5 Å². The van der Waals surface area contributed by atoms with E-state index in [0.29, 0.717) is 13.1 Å². The molecule has 0 aliphatic carbocycles. The zero-order valence-corrected chi connectivity index (χ0v) is 9.37. The second kappa shape index (κ2) is 5.45. The van der Waals surface area contributed by atoms with Crippen LogP contribution in [0.5, 0.6) is 0 Å². The number of carbonyl (C=O) groups excluding carboxylic acids is 3. The van der Waals surface area contributed by atoms with Crippen LogP contribution in [0.2, 0.25) is 0 Å². The molecule has 0 aromatic carbocycles. The predicted octanol–water partition coefficient (Wildman–Crippen LogP) is -2.72. The number of carbonyl (C=O) groups is 3. The maximum Gasteiger partial charge on any atom is 0.252 e. The number of piperazine rings is 1. The molecule has 3 N–H and O–H groups in total. The molecule has 0 radical (unpaired) electrons. The zero-order chi connectivity index (χ0) is 12.1. The third-order valence-electron chi connectivity index (χ3n) is 2.11. The molecule has 1 heterocycles. The van der Waals surface area contributed by atoms with Gasteiger partial charge in [0.25, 0.3) is 11.8 Å². The molecular weight excluding hydrogens is 212 g/mol. The Morgan fingerprint density at radius 2 is 2.19 bits per heavy atom. The lowest BCUT2D eigenvalue weighted by Gasteiger charge is -2.22. The third-order valence-corrected chi connectivity index (χ3v) is 2.11. The van der Waals surface area contributed by atoms with E-state index in [1.807, 2.05) is 19.0 Å². The van der Waals surface area contributed by atoms with Crippen molar-refractivity contribution in [2.45, 2.75) is 6.04 Å². The molecule has 1 aliphatic rings. The molecule has 7 heteroatoms. The number of amides is 3. The zero-order valence-electron chi connectivity index (χ0n) is 9.37. The number of nitrogens with one attached hydrogen (secondary N) is 3. The Morgan fingerprint density at radius 3 is 2.81 bits per heavy atom. The fourth-order valence-electron chi connectivity index (χ4n) is 1.24. The normalized spacial score (nSPS) is 20.3. The molecule has 1 saturated heterocycles. The molecule has 1 aliphatic heterocycles. The van der Waals surface area contributed by atoms with Gasteiger partial charge in [0.2, 0.25) is 5.91 Å². The van der Waals surface area contributed by atoms with E-state index < -0.39 is 17.9 Å². The van der Waals surface area contributed by atoms with Crippen LogP contribution in [-0.4, -0.2) is 62.4 Å². The van der Waals surface area contributed by atoms with Crippen molar-refractivity contribution in [1.29, 1.82) is 0 Å². The molecule has 0 aromatic heterocycles. The first kappa shape index (κ1) is 12.4. The number of rotatable bonds is 4. The van der Waals surface area contributed by atoms with Crippen molar-refractivity contribution in [1.82, 2.24) is 20.9 Å². The lowest BCUT2D eigenvalue weighted by Crippen LogP contribution is -2.62. The summed E-state index contributed by atoms with van der Waals surface area (Å²) in [6.45, 7) is 1.04. The van der Waals surface area contributed by atoms with Gasteiger partial charge < -0.3 is 20.9 Å². The number of hydrogen-bond donors (Lipinski definition) is 3. The Bertz CT molecular complexity index is 303. The van der Waals surface area contributed by atoms with Crippen molar-refractivity contribution in [3.8, 4) is 0 Å². The number of nitrogens with zero attached hydrogens (tertiary/aromatic N) is 1. The van der Waals surface area contributed by atoms with Crippen LogP contribution in [0.25, 0.3) is 0 Å². The van der Waals surface area contributed by atoms with E-state index in [2.05, 4.69) is 16.0 Å². The summed E-state index contributed by atoms with van der Waals surface area (Å²) in [6.07, 6.45) is 0. The van der Waals surface area contributed by atoms with Crippen molar-refractivity contribution in [2.24, 2.45) is 0 Å². The van der Waals surface area contributed by atoms with E-state index in [4.69, 9.17) is 0 Å². The molecular formula is C9H16N4O3. The fourth-order valence-corrected chi connectivity index (χ4v) is 1.24. The average molecular weight is 228 g/mol. The van der Waals surface area contributed by atoms with Crippen LogP contribution in [0.15, 0.2) is 0 Å². The second-order valence-corrected chi connectivity index (χ2v) is 3.81. The molecule has 90 valence electrons. The molecule has 1 unspecified atom stereocenters. The van der Waals surface area contributed by atoms with Gasteiger partial charge in [-0.05, 0) is 14.1 Å². The molecule has 0 saturated carbocycles. The van der Waals surface area contributed by atoms with Crippen molar-refractivity contribution < 1.29 is 14.4 Å². The van der Waals surface area contributed by atoms with Crippen LogP contribution in [0, 0.1) is 0 Å². The average Bonchev–Trinajstić information content (AvgIpc) is 2.21. The fraction of sp³-hybridized carbons (Fsp3) is 0.667. The van der Waals surface area contributed by atoms with Gasteiger partial charge in [-0.25, -0.2) is 0 Å². The first-order chi connectivity index (χ1) is 7.50. The summed E-state index contributed by atoms with van der Waals surface area (Å²) in [5, 5.41) is 7.25. The Balaban J connectivity index is 2.40. The van der Waals surface area contributed by atoms with Gasteiger partial charge in [0.05, 0.1) is 6.54 Å². The molecule has 1 atom stereocenters. The number of hydrogen-bond acceptors (Lipinski definition) is 4. The minimum Gasteiger partial charge on any atom is -0.353 e. The van der Waals surface area contributed by atoms with Gasteiger partial charge in [0, 0.05) is 13.1 Å². The van der Waals surface area contributed by atoms with Gasteiger partial charge in [-0.1, -0.05) is 0 Å². The van der Waals surface area contributed by atoms with E-state index >= 15 is 0 Å². The lowest BCUT2D eigenvalue weighted by molar-refractivity contribution is -0.140. The predicted molar refractivity (Wildman–Crippen MR) is 56.5 cm³/mol. The summed E-state index contributed by atoms with van der Waals surface area (Å²) < 4.78 is 0. The molecule has 3 amide bonds. The Kier molecular flexibility index (Phi) is 4.24. The lowest BCUT2D eigenvalue weighted by atomic mass is 10.2. The van der Waals surface area contributed by atoms with Crippen molar-refractivity contribution in [3.63, 3.8) is 0 Å². The van der Waals surface area contributed by atoms with E-state index in [1.165, 1.54) is 0 Å². The van der Waals surface area contributed by atoms with Crippen molar-refractivity contribution in [2.75, 3.05) is 33.7 Å². The first-order valence-corrected chi connectivity index (χ1v) is 5.00. The van der Waals surface area contributed by atoms with Gasteiger partial charge in [0.1, 0.15) is 0 Å². The molecule has 7 nitrogen and oxygen atoms in total. The first-order valence-electron chi connectivity index (χ1n) is 5.00. The van der Waals surface area contributed by atoms with Gasteiger partial charge in [-0.2, -0.15) is 0 Å². The van der Waals surface area contributed by atoms with Crippen LogP contribution < -0.4 is 16.0 Å². The largest absolute Gasteiger partial charge is 0.353 e. The van der Waals surface area contributed by atoms with E-state index in [0.717, 1.165) is 0 Å². The molecule has 0 aromatic rings. The highest BCUT2D eigenvalue weighted by Gasteiger charge is 2.31. The number of likely N-dealkylation sites (N-methyl/N-ethyl adjacent to an activating group) is 1. The highest BCUT2D eigenvalue weighted by atomic mass is 16.2. The molecule has 16 heavy (non-hydrogen) atoms. The molecule has 0 spiro atoms. The van der Waals surface area contributed by atoms with Gasteiger partial charge >= 0.3 is 0 Å². The Labute approximate surface area is 93.5 Å². The highest BCUT2D eigenvalue weighted by molar-refractivity contribution is 6.09. The molecule has 0 bridgehead atoms. The van der Waals surface area contributed by atoms with Crippen LogP contribution >= 0.6 is 0 Å². The SMILES string of the molecule is CN(C)CCNC(=O)C1NC(=O)CNC1=O. The van der Waals surface area contributed by atoms with E-state index in [9.17, 15) is 14.4 Å². The Hall–Kier alpha value is -1.63. The van der Waals surface area contributed by atoms with Crippen LogP contribution in [-0.2, 0) is 14.4 Å². The summed E-state index contributed by atoms with van der Waals surface area (Å²) >= 11 is 0. The second-order valence-electron chi connectivity index (χ2n) is 3.81. The quantitative estimate of drug-likeness (QED) is 0.456. The standard InChI is InChI=1S/C9H16N4O3/c1-13(2)4-3-10-8(15)7-9(16)11-5-6(14)12-7/h7H,3-5H2,1-2H3,(H,10,15)(H,11,16)(H,12,14). The summed E-state index contributed by atoms with van der Waals surface area (Å²) in [6, 6.07) is -1.11. The third kappa shape index (κ3) is 3.50. The summed E-state index contributed by atoms with van der Waals surface area (Å²) in [5.74, 6) is -1.30.